The summed E-state index contributed by atoms with van der Waals surface area (Å²) in [5, 5.41) is 0. The van der Waals surface area contributed by atoms with Crippen LogP contribution in [-0.4, -0.2) is 32.4 Å². The first-order valence-electron chi connectivity index (χ1n) is 7.46. The summed E-state index contributed by atoms with van der Waals surface area (Å²) in [4.78, 5) is 0.291. The molecule has 0 atom stereocenters. The van der Waals surface area contributed by atoms with Crippen molar-refractivity contribution in [1.82, 2.24) is 4.31 Å². The summed E-state index contributed by atoms with van der Waals surface area (Å²) < 4.78 is 28.0. The summed E-state index contributed by atoms with van der Waals surface area (Å²) in [5.74, 6) is 0. The second kappa shape index (κ2) is 9.53. The number of halogens is 2. The summed E-state index contributed by atoms with van der Waals surface area (Å²) in [6.07, 6.45) is 0.656. The highest BCUT2D eigenvalue weighted by Gasteiger charge is 2.26. The fraction of sp³-hybridized carbons (Fsp3) is 0.294. The average molecular weight is 434 g/mol. The summed E-state index contributed by atoms with van der Waals surface area (Å²) in [5.41, 5.74) is 7.62. The van der Waals surface area contributed by atoms with Crippen LogP contribution in [0.2, 0.25) is 0 Å². The van der Waals surface area contributed by atoms with Crippen LogP contribution in [-0.2, 0) is 16.4 Å². The van der Waals surface area contributed by atoms with Crippen molar-refractivity contribution >= 4 is 38.4 Å². The fourth-order valence-electron chi connectivity index (χ4n) is 2.35. The highest BCUT2D eigenvalue weighted by molar-refractivity contribution is 9.10. The van der Waals surface area contributed by atoms with Gasteiger partial charge in [-0.25, -0.2) is 8.42 Å². The molecule has 0 fully saturated rings. The molecule has 2 aromatic rings. The standard InChI is InChI=1S/C17H21BrN2O2S.ClH/c1-14-6-5-9-16(17(14)18)23(21,22)20(13-11-19)12-10-15-7-3-2-4-8-15;/h2-9H,10-13,19H2,1H3;1H. The Bertz CT molecular complexity index is 754. The molecule has 0 aliphatic rings. The molecule has 2 aromatic carbocycles. The van der Waals surface area contributed by atoms with Gasteiger partial charge in [0, 0.05) is 24.1 Å². The smallest absolute Gasteiger partial charge is 0.244 e. The number of nitrogens with two attached hydrogens (primary N) is 1. The van der Waals surface area contributed by atoms with Gasteiger partial charge in [-0.05, 0) is 46.5 Å². The van der Waals surface area contributed by atoms with Gasteiger partial charge in [-0.15, -0.1) is 12.4 Å². The fourth-order valence-corrected chi connectivity index (χ4v) is 4.83. The number of aryl methyl sites for hydroxylation is 1. The van der Waals surface area contributed by atoms with E-state index >= 15 is 0 Å². The number of nitrogens with zero attached hydrogens (tertiary/aromatic N) is 1. The third-order valence-electron chi connectivity index (χ3n) is 3.65. The van der Waals surface area contributed by atoms with Crippen LogP contribution in [0.4, 0.5) is 0 Å². The maximum absolute atomic E-state index is 13.0. The van der Waals surface area contributed by atoms with Crippen molar-refractivity contribution in [3.63, 3.8) is 0 Å². The minimum Gasteiger partial charge on any atom is -0.329 e. The van der Waals surface area contributed by atoms with Crippen LogP contribution in [0.1, 0.15) is 11.1 Å². The lowest BCUT2D eigenvalue weighted by molar-refractivity contribution is 0.421. The van der Waals surface area contributed by atoms with Crippen molar-refractivity contribution in [3.8, 4) is 0 Å². The minimum atomic E-state index is -3.58. The molecule has 0 heterocycles. The van der Waals surface area contributed by atoms with Crippen LogP contribution in [0.3, 0.4) is 0 Å². The maximum atomic E-state index is 13.0. The molecule has 0 saturated heterocycles. The van der Waals surface area contributed by atoms with E-state index in [4.69, 9.17) is 5.73 Å². The lowest BCUT2D eigenvalue weighted by atomic mass is 10.1. The molecule has 2 rings (SSSR count). The first-order chi connectivity index (χ1) is 11.0. The molecule has 0 radical (unpaired) electrons. The second-order valence-electron chi connectivity index (χ2n) is 5.32. The molecule has 7 heteroatoms. The van der Waals surface area contributed by atoms with E-state index in [1.807, 2.05) is 43.3 Å². The Morgan fingerprint density at radius 1 is 1.04 bits per heavy atom. The highest BCUT2D eigenvalue weighted by Crippen LogP contribution is 2.27. The van der Waals surface area contributed by atoms with Crippen LogP contribution in [0.25, 0.3) is 0 Å². The average Bonchev–Trinajstić information content (AvgIpc) is 2.54. The Hall–Kier alpha value is -0.920. The van der Waals surface area contributed by atoms with Crippen LogP contribution in [0.5, 0.6) is 0 Å². The predicted molar refractivity (Wildman–Crippen MR) is 104 cm³/mol. The largest absolute Gasteiger partial charge is 0.329 e. The van der Waals surface area contributed by atoms with Gasteiger partial charge in [0.25, 0.3) is 0 Å². The third-order valence-corrected chi connectivity index (χ3v) is 6.90. The maximum Gasteiger partial charge on any atom is 0.244 e. The van der Waals surface area contributed by atoms with Gasteiger partial charge in [-0.2, -0.15) is 4.31 Å². The van der Waals surface area contributed by atoms with Gasteiger partial charge in [0.05, 0.1) is 4.90 Å². The lowest BCUT2D eigenvalue weighted by Gasteiger charge is -2.22. The number of rotatable bonds is 7. The predicted octanol–water partition coefficient (Wildman–Crippen LogP) is 3.37. The van der Waals surface area contributed by atoms with E-state index in [9.17, 15) is 8.42 Å². The van der Waals surface area contributed by atoms with Crippen molar-refractivity contribution < 1.29 is 8.42 Å². The van der Waals surface area contributed by atoms with Crippen LogP contribution in [0, 0.1) is 6.92 Å². The van der Waals surface area contributed by atoms with E-state index in [1.54, 1.807) is 12.1 Å². The normalized spacial score (nSPS) is 11.3. The zero-order valence-electron chi connectivity index (χ0n) is 13.5. The molecule has 0 aromatic heterocycles. The van der Waals surface area contributed by atoms with Crippen LogP contribution in [0.15, 0.2) is 57.9 Å². The van der Waals surface area contributed by atoms with Crippen molar-refractivity contribution in [2.45, 2.75) is 18.2 Å². The van der Waals surface area contributed by atoms with Crippen LogP contribution < -0.4 is 5.73 Å². The minimum absolute atomic E-state index is 0. The van der Waals surface area contributed by atoms with E-state index in [0.29, 0.717) is 28.9 Å². The van der Waals surface area contributed by atoms with E-state index < -0.39 is 10.0 Å². The molecule has 4 nitrogen and oxygen atoms in total. The molecule has 0 spiro atoms. The molecule has 0 amide bonds. The lowest BCUT2D eigenvalue weighted by Crippen LogP contribution is -2.37. The number of sulfonamides is 1. The van der Waals surface area contributed by atoms with Crippen LogP contribution >= 0.6 is 28.3 Å². The first-order valence-corrected chi connectivity index (χ1v) is 9.69. The van der Waals surface area contributed by atoms with Gasteiger partial charge in [-0.3, -0.25) is 0 Å². The van der Waals surface area contributed by atoms with Gasteiger partial charge in [0.15, 0.2) is 0 Å². The Morgan fingerprint density at radius 3 is 2.33 bits per heavy atom. The molecule has 0 aliphatic carbocycles. The van der Waals surface area contributed by atoms with Gasteiger partial charge in [0.1, 0.15) is 0 Å². The van der Waals surface area contributed by atoms with Crippen molar-refractivity contribution in [3.05, 3.63) is 64.1 Å². The Morgan fingerprint density at radius 2 is 1.71 bits per heavy atom. The van der Waals surface area contributed by atoms with Gasteiger partial charge < -0.3 is 5.73 Å². The van der Waals surface area contributed by atoms with E-state index in [0.717, 1.165) is 11.1 Å². The number of hydrogen-bond donors (Lipinski definition) is 1. The molecule has 0 bridgehead atoms. The highest BCUT2D eigenvalue weighted by atomic mass is 79.9. The summed E-state index contributed by atoms with van der Waals surface area (Å²) >= 11 is 3.39. The van der Waals surface area contributed by atoms with E-state index in [2.05, 4.69) is 15.9 Å². The second-order valence-corrected chi connectivity index (χ2v) is 8.01. The quantitative estimate of drug-likeness (QED) is 0.728. The Labute approximate surface area is 158 Å². The zero-order chi connectivity index (χ0) is 16.9. The Kier molecular flexibility index (Phi) is 8.39. The molecule has 0 saturated carbocycles. The SMILES string of the molecule is Cc1cccc(S(=O)(=O)N(CCN)CCc2ccccc2)c1Br.Cl. The van der Waals surface area contributed by atoms with Crippen molar-refractivity contribution in [2.24, 2.45) is 5.73 Å². The van der Waals surface area contributed by atoms with Gasteiger partial charge in [-0.1, -0.05) is 42.5 Å². The summed E-state index contributed by atoms with van der Waals surface area (Å²) in [6, 6.07) is 15.1. The summed E-state index contributed by atoms with van der Waals surface area (Å²) in [6.45, 7) is 2.87. The number of benzene rings is 2. The molecule has 0 unspecified atom stereocenters. The van der Waals surface area contributed by atoms with Crippen molar-refractivity contribution in [1.29, 1.82) is 0 Å². The molecule has 2 N–H and O–H groups in total. The monoisotopic (exact) mass is 432 g/mol. The van der Waals surface area contributed by atoms with Crippen molar-refractivity contribution in [2.75, 3.05) is 19.6 Å². The molecular formula is C17H22BrClN2O2S. The van der Waals surface area contributed by atoms with Gasteiger partial charge >= 0.3 is 0 Å². The third kappa shape index (κ3) is 5.04. The topological polar surface area (TPSA) is 63.4 Å². The summed E-state index contributed by atoms with van der Waals surface area (Å²) in [7, 11) is -3.58. The van der Waals surface area contributed by atoms with E-state index in [1.165, 1.54) is 4.31 Å². The molecule has 24 heavy (non-hydrogen) atoms. The zero-order valence-corrected chi connectivity index (χ0v) is 16.7. The first kappa shape index (κ1) is 21.1. The molecular weight excluding hydrogens is 412 g/mol. The molecule has 0 aliphatic heterocycles. The van der Waals surface area contributed by atoms with E-state index in [-0.39, 0.29) is 19.0 Å². The number of hydrogen-bond acceptors (Lipinski definition) is 3. The van der Waals surface area contributed by atoms with Gasteiger partial charge in [0.2, 0.25) is 10.0 Å². The molecule has 132 valence electrons. The Balaban J connectivity index is 0.00000288.